The highest BCUT2D eigenvalue weighted by atomic mass is 79.9. The maximum absolute atomic E-state index is 12.1. The van der Waals surface area contributed by atoms with Gasteiger partial charge in [-0.05, 0) is 36.7 Å². The normalized spacial score (nSPS) is 12.9. The Balaban J connectivity index is 2.73. The third-order valence-corrected chi connectivity index (χ3v) is 3.10. The highest BCUT2D eigenvalue weighted by Gasteiger charge is 2.11. The molecule has 1 aromatic carbocycles. The topological polar surface area (TPSA) is 55.1 Å². The molecule has 0 fully saturated rings. The molecule has 0 spiro atoms. The van der Waals surface area contributed by atoms with Crippen LogP contribution in [0.15, 0.2) is 27.5 Å². The van der Waals surface area contributed by atoms with Crippen molar-refractivity contribution in [2.75, 3.05) is 0 Å². The van der Waals surface area contributed by atoms with Crippen molar-refractivity contribution in [1.29, 1.82) is 0 Å². The molecule has 0 saturated heterocycles. The van der Waals surface area contributed by atoms with Gasteiger partial charge in [0.05, 0.1) is 23.6 Å². The molecule has 1 aromatic heterocycles. The van der Waals surface area contributed by atoms with E-state index < -0.39 is 6.10 Å². The molecule has 1 unspecified atom stereocenters. The van der Waals surface area contributed by atoms with Gasteiger partial charge in [-0.1, -0.05) is 15.9 Å². The molecule has 6 heteroatoms. The van der Waals surface area contributed by atoms with E-state index in [9.17, 15) is 9.90 Å². The van der Waals surface area contributed by atoms with Gasteiger partial charge in [0.25, 0.3) is 5.56 Å². The Morgan fingerprint density at radius 1 is 1.59 bits per heavy atom. The molecule has 2 rings (SSSR count). The van der Waals surface area contributed by atoms with Crippen molar-refractivity contribution < 1.29 is 5.11 Å². The van der Waals surface area contributed by atoms with Crippen LogP contribution in [0, 0.1) is 0 Å². The van der Waals surface area contributed by atoms with Crippen LogP contribution in [0.1, 0.15) is 6.92 Å². The lowest BCUT2D eigenvalue weighted by Crippen LogP contribution is -2.26. The van der Waals surface area contributed by atoms with E-state index in [1.807, 2.05) is 0 Å². The van der Waals surface area contributed by atoms with Gasteiger partial charge < -0.3 is 5.11 Å². The smallest absolute Gasteiger partial charge is 0.262 e. The third-order valence-electron chi connectivity index (χ3n) is 2.32. The Bertz CT molecular complexity index is 625. The van der Waals surface area contributed by atoms with Gasteiger partial charge in [0, 0.05) is 4.47 Å². The second-order valence-corrected chi connectivity index (χ2v) is 5.06. The summed E-state index contributed by atoms with van der Waals surface area (Å²) in [4.78, 5) is 16.3. The van der Waals surface area contributed by atoms with E-state index in [0.717, 1.165) is 4.47 Å². The Hall–Kier alpha value is -0.910. The summed E-state index contributed by atoms with van der Waals surface area (Å²) in [6, 6.07) is 5.21. The Morgan fingerprint density at radius 3 is 2.94 bits per heavy atom. The predicted octanol–water partition coefficient (Wildman–Crippen LogP) is 2.19. The predicted molar refractivity (Wildman–Crippen MR) is 70.4 cm³/mol. The van der Waals surface area contributed by atoms with Crippen LogP contribution in [-0.4, -0.2) is 20.8 Å². The van der Waals surface area contributed by atoms with Crippen LogP contribution in [-0.2, 0) is 6.54 Å². The quantitative estimate of drug-likeness (QED) is 0.864. The van der Waals surface area contributed by atoms with Crippen molar-refractivity contribution in [2.24, 2.45) is 0 Å². The first-order chi connectivity index (χ1) is 7.99. The summed E-state index contributed by atoms with van der Waals surface area (Å²) in [5.74, 6) is 0. The van der Waals surface area contributed by atoms with Crippen molar-refractivity contribution in [1.82, 2.24) is 9.55 Å². The lowest BCUT2D eigenvalue weighted by molar-refractivity contribution is 0.172. The van der Waals surface area contributed by atoms with E-state index in [4.69, 9.17) is 11.6 Å². The fraction of sp³-hybridized carbons (Fsp3) is 0.273. The summed E-state index contributed by atoms with van der Waals surface area (Å²) in [6.45, 7) is 1.72. The largest absolute Gasteiger partial charge is 0.392 e. The highest BCUT2D eigenvalue weighted by molar-refractivity contribution is 9.10. The number of rotatable bonds is 2. The van der Waals surface area contributed by atoms with E-state index >= 15 is 0 Å². The lowest BCUT2D eigenvalue weighted by atomic mass is 10.2. The van der Waals surface area contributed by atoms with E-state index in [-0.39, 0.29) is 17.4 Å². The number of aliphatic hydroxyl groups excluding tert-OH is 1. The Morgan fingerprint density at radius 2 is 2.29 bits per heavy atom. The number of aromatic nitrogens is 2. The zero-order chi connectivity index (χ0) is 12.6. The van der Waals surface area contributed by atoms with Crippen molar-refractivity contribution in [3.8, 4) is 0 Å². The van der Waals surface area contributed by atoms with E-state index in [1.165, 1.54) is 4.57 Å². The van der Waals surface area contributed by atoms with E-state index in [0.29, 0.717) is 10.9 Å². The zero-order valence-electron chi connectivity index (χ0n) is 9.02. The monoisotopic (exact) mass is 316 g/mol. The summed E-state index contributed by atoms with van der Waals surface area (Å²) in [5.41, 5.74) is 0.298. The average molecular weight is 318 g/mol. The maximum Gasteiger partial charge on any atom is 0.262 e. The molecule has 0 aliphatic heterocycles. The summed E-state index contributed by atoms with van der Waals surface area (Å²) >= 11 is 9.22. The minimum absolute atomic E-state index is 0.0886. The minimum Gasteiger partial charge on any atom is -0.392 e. The van der Waals surface area contributed by atoms with Gasteiger partial charge in [-0.25, -0.2) is 4.98 Å². The molecular formula is C11H10BrClN2O2. The van der Waals surface area contributed by atoms with Gasteiger partial charge in [0.15, 0.2) is 0 Å². The fourth-order valence-corrected chi connectivity index (χ4v) is 2.19. The summed E-state index contributed by atoms with van der Waals surface area (Å²) in [7, 11) is 0. The van der Waals surface area contributed by atoms with Crippen molar-refractivity contribution in [3.63, 3.8) is 0 Å². The van der Waals surface area contributed by atoms with Crippen LogP contribution in [0.4, 0.5) is 0 Å². The van der Waals surface area contributed by atoms with Gasteiger partial charge >= 0.3 is 0 Å². The van der Waals surface area contributed by atoms with E-state index in [1.54, 1.807) is 25.1 Å². The number of hydrogen-bond acceptors (Lipinski definition) is 3. The molecule has 90 valence electrons. The first-order valence-corrected chi connectivity index (χ1v) is 6.20. The van der Waals surface area contributed by atoms with Gasteiger partial charge in [0.2, 0.25) is 5.28 Å². The molecule has 0 radical (unpaired) electrons. The molecule has 0 amide bonds. The van der Waals surface area contributed by atoms with Crippen molar-refractivity contribution in [2.45, 2.75) is 19.6 Å². The summed E-state index contributed by atoms with van der Waals surface area (Å²) in [6.07, 6.45) is -0.656. The van der Waals surface area contributed by atoms with Crippen LogP contribution in [0.2, 0.25) is 5.28 Å². The van der Waals surface area contributed by atoms with Gasteiger partial charge in [-0.2, -0.15) is 0 Å². The SMILES string of the molecule is CC(O)Cn1c(Cl)nc2ccc(Br)cc2c1=O. The highest BCUT2D eigenvalue weighted by Crippen LogP contribution is 2.17. The maximum atomic E-state index is 12.1. The second kappa shape index (κ2) is 4.76. The number of benzene rings is 1. The number of nitrogens with zero attached hydrogens (tertiary/aromatic N) is 2. The van der Waals surface area contributed by atoms with Crippen LogP contribution in [0.3, 0.4) is 0 Å². The fourth-order valence-electron chi connectivity index (χ4n) is 1.59. The number of hydrogen-bond donors (Lipinski definition) is 1. The zero-order valence-corrected chi connectivity index (χ0v) is 11.4. The Labute approximate surface area is 111 Å². The first-order valence-electron chi connectivity index (χ1n) is 5.02. The van der Waals surface area contributed by atoms with Gasteiger partial charge in [-0.15, -0.1) is 0 Å². The molecule has 4 nitrogen and oxygen atoms in total. The number of fused-ring (bicyclic) bond motifs is 1. The molecule has 0 aliphatic rings. The van der Waals surface area contributed by atoms with Crippen LogP contribution >= 0.6 is 27.5 Å². The molecule has 0 bridgehead atoms. The first kappa shape index (κ1) is 12.5. The number of halogens is 2. The van der Waals surface area contributed by atoms with Crippen LogP contribution < -0.4 is 5.56 Å². The minimum atomic E-state index is -0.656. The molecule has 1 N–H and O–H groups in total. The average Bonchev–Trinajstić information content (AvgIpc) is 2.25. The molecule has 1 heterocycles. The molecule has 1 atom stereocenters. The van der Waals surface area contributed by atoms with Crippen molar-refractivity contribution in [3.05, 3.63) is 38.3 Å². The standard InChI is InChI=1S/C11H10BrClN2O2/c1-6(16)5-15-10(17)8-4-7(12)2-3-9(8)14-11(15)13/h2-4,6,16H,5H2,1H3. The lowest BCUT2D eigenvalue weighted by Gasteiger charge is -2.10. The number of aliphatic hydroxyl groups is 1. The summed E-state index contributed by atoms with van der Waals surface area (Å²) < 4.78 is 2.07. The molecule has 0 aliphatic carbocycles. The van der Waals surface area contributed by atoms with E-state index in [2.05, 4.69) is 20.9 Å². The van der Waals surface area contributed by atoms with Gasteiger partial charge in [0.1, 0.15) is 0 Å². The van der Waals surface area contributed by atoms with Crippen LogP contribution in [0.25, 0.3) is 10.9 Å². The molecule has 2 aromatic rings. The van der Waals surface area contributed by atoms with Crippen molar-refractivity contribution >= 4 is 38.4 Å². The third kappa shape index (κ3) is 2.51. The molecule has 0 saturated carbocycles. The van der Waals surface area contributed by atoms with Gasteiger partial charge in [-0.3, -0.25) is 9.36 Å². The Kier molecular flexibility index (Phi) is 3.51. The second-order valence-electron chi connectivity index (χ2n) is 3.81. The molecule has 17 heavy (non-hydrogen) atoms. The summed E-state index contributed by atoms with van der Waals surface area (Å²) in [5, 5.41) is 9.89. The van der Waals surface area contributed by atoms with Crippen LogP contribution in [0.5, 0.6) is 0 Å². The molecular weight excluding hydrogens is 307 g/mol.